The summed E-state index contributed by atoms with van der Waals surface area (Å²) in [6.07, 6.45) is 3.21. The number of nitrogens with one attached hydrogen (secondary N) is 2. The monoisotopic (exact) mass is 433 g/mol. The highest BCUT2D eigenvalue weighted by Crippen LogP contribution is 2.16. The van der Waals surface area contributed by atoms with E-state index < -0.39 is 0 Å². The number of aliphatic imine (C=N–C) groups is 1. The van der Waals surface area contributed by atoms with Crippen molar-refractivity contribution in [1.29, 1.82) is 0 Å². The van der Waals surface area contributed by atoms with Crippen molar-refractivity contribution in [2.45, 2.75) is 32.9 Å². The van der Waals surface area contributed by atoms with Crippen LogP contribution in [-0.2, 0) is 11.3 Å². The van der Waals surface area contributed by atoms with Crippen molar-refractivity contribution in [3.8, 4) is 0 Å². The minimum Gasteiger partial charge on any atom is -0.375 e. The second-order valence-electron chi connectivity index (χ2n) is 5.50. The lowest BCUT2D eigenvalue weighted by Gasteiger charge is -2.32. The van der Waals surface area contributed by atoms with Crippen LogP contribution in [-0.4, -0.2) is 50.3 Å². The van der Waals surface area contributed by atoms with Crippen LogP contribution in [0.2, 0.25) is 0 Å². The Labute approximate surface area is 156 Å². The molecule has 7 heteroatoms. The number of anilines is 1. The molecule has 2 N–H and O–H groups in total. The maximum absolute atomic E-state index is 5.59. The molecule has 0 amide bonds. The van der Waals surface area contributed by atoms with Gasteiger partial charge < -0.3 is 20.3 Å². The molecular weight excluding hydrogens is 405 g/mol. The summed E-state index contributed by atoms with van der Waals surface area (Å²) in [6, 6.07) is 4.17. The number of morpholine rings is 1. The van der Waals surface area contributed by atoms with E-state index in [1.54, 1.807) is 7.05 Å². The fourth-order valence-corrected chi connectivity index (χ4v) is 2.42. The van der Waals surface area contributed by atoms with Crippen molar-refractivity contribution in [2.75, 3.05) is 38.2 Å². The molecule has 1 saturated heterocycles. The molecule has 2 heterocycles. The van der Waals surface area contributed by atoms with Gasteiger partial charge in [0.15, 0.2) is 5.96 Å². The van der Waals surface area contributed by atoms with Crippen LogP contribution in [0, 0.1) is 0 Å². The average molecular weight is 433 g/mol. The van der Waals surface area contributed by atoms with Crippen LogP contribution in [0.15, 0.2) is 23.3 Å². The lowest BCUT2D eigenvalue weighted by Crippen LogP contribution is -2.41. The molecule has 1 fully saturated rings. The second-order valence-corrected chi connectivity index (χ2v) is 5.50. The van der Waals surface area contributed by atoms with E-state index in [4.69, 9.17) is 4.74 Å². The Balaban J connectivity index is 0.00000264. The molecule has 0 radical (unpaired) electrons. The number of aromatic nitrogens is 1. The number of guanidine groups is 1. The van der Waals surface area contributed by atoms with E-state index in [1.165, 1.54) is 5.56 Å². The van der Waals surface area contributed by atoms with E-state index in [0.29, 0.717) is 0 Å². The molecular formula is C16H28IN5O. The van der Waals surface area contributed by atoms with Gasteiger partial charge in [-0.1, -0.05) is 6.92 Å². The standard InChI is InChI=1S/C16H27N5O.HI/c1-4-6-19-16(17-3)20-11-14-5-7-18-15(10-14)21-8-9-22-13(2)12-21;/h5,7,10,13H,4,6,8-9,11-12H2,1-3H3,(H2,17,19,20);1H. The summed E-state index contributed by atoms with van der Waals surface area (Å²) < 4.78 is 5.59. The number of hydrogen-bond donors (Lipinski definition) is 2. The van der Waals surface area contributed by atoms with Gasteiger partial charge in [-0.05, 0) is 31.0 Å². The third-order valence-electron chi connectivity index (χ3n) is 3.60. The largest absolute Gasteiger partial charge is 0.375 e. The van der Waals surface area contributed by atoms with Gasteiger partial charge in [0.05, 0.1) is 12.7 Å². The van der Waals surface area contributed by atoms with Crippen molar-refractivity contribution in [3.05, 3.63) is 23.9 Å². The van der Waals surface area contributed by atoms with Crippen molar-refractivity contribution in [3.63, 3.8) is 0 Å². The maximum Gasteiger partial charge on any atom is 0.191 e. The van der Waals surface area contributed by atoms with E-state index in [0.717, 1.165) is 51.0 Å². The normalized spacial score (nSPS) is 18.3. The molecule has 0 bridgehead atoms. The molecule has 1 aliphatic rings. The van der Waals surface area contributed by atoms with Gasteiger partial charge >= 0.3 is 0 Å². The zero-order valence-corrected chi connectivity index (χ0v) is 16.5. The quantitative estimate of drug-likeness (QED) is 0.423. The summed E-state index contributed by atoms with van der Waals surface area (Å²) in [5.74, 6) is 1.85. The Morgan fingerprint density at radius 1 is 1.48 bits per heavy atom. The number of nitrogens with zero attached hydrogens (tertiary/aromatic N) is 3. The molecule has 0 aliphatic carbocycles. The Hall–Kier alpha value is -1.09. The summed E-state index contributed by atoms with van der Waals surface area (Å²) in [5.41, 5.74) is 1.20. The van der Waals surface area contributed by atoms with Gasteiger partial charge in [0, 0.05) is 39.4 Å². The zero-order valence-electron chi connectivity index (χ0n) is 14.2. The first-order chi connectivity index (χ1) is 10.7. The topological polar surface area (TPSA) is 61.8 Å². The van der Waals surface area contributed by atoms with Crippen molar-refractivity contribution >= 4 is 35.8 Å². The first-order valence-corrected chi connectivity index (χ1v) is 7.99. The molecule has 2 rings (SSSR count). The Morgan fingerprint density at radius 2 is 2.30 bits per heavy atom. The van der Waals surface area contributed by atoms with Crippen LogP contribution >= 0.6 is 24.0 Å². The smallest absolute Gasteiger partial charge is 0.191 e. The molecule has 1 atom stereocenters. The summed E-state index contributed by atoms with van der Waals surface area (Å²) in [5, 5.41) is 6.60. The van der Waals surface area contributed by atoms with Gasteiger partial charge in [-0.15, -0.1) is 24.0 Å². The highest BCUT2D eigenvalue weighted by molar-refractivity contribution is 14.0. The maximum atomic E-state index is 5.59. The molecule has 0 aromatic carbocycles. The molecule has 1 aromatic heterocycles. The van der Waals surface area contributed by atoms with E-state index in [9.17, 15) is 0 Å². The molecule has 0 saturated carbocycles. The van der Waals surface area contributed by atoms with Gasteiger partial charge in [-0.2, -0.15) is 0 Å². The van der Waals surface area contributed by atoms with E-state index in [2.05, 4.69) is 45.4 Å². The Morgan fingerprint density at radius 3 is 3.00 bits per heavy atom. The summed E-state index contributed by atoms with van der Waals surface area (Å²) in [4.78, 5) is 11.0. The minimum absolute atomic E-state index is 0. The molecule has 23 heavy (non-hydrogen) atoms. The predicted octanol–water partition coefficient (Wildman–Crippen LogP) is 2.00. The first-order valence-electron chi connectivity index (χ1n) is 7.99. The Bertz CT molecular complexity index is 497. The van der Waals surface area contributed by atoms with Gasteiger partial charge in [0.25, 0.3) is 0 Å². The van der Waals surface area contributed by atoms with Gasteiger partial charge in [0.2, 0.25) is 0 Å². The van der Waals surface area contributed by atoms with Crippen LogP contribution in [0.3, 0.4) is 0 Å². The highest BCUT2D eigenvalue weighted by Gasteiger charge is 2.17. The number of halogens is 1. The third-order valence-corrected chi connectivity index (χ3v) is 3.60. The van der Waals surface area contributed by atoms with E-state index in [1.807, 2.05) is 12.3 Å². The number of rotatable bonds is 5. The minimum atomic E-state index is 0. The average Bonchev–Trinajstić information content (AvgIpc) is 2.55. The van der Waals surface area contributed by atoms with E-state index in [-0.39, 0.29) is 30.1 Å². The molecule has 1 unspecified atom stereocenters. The first kappa shape index (κ1) is 20.0. The molecule has 0 spiro atoms. The summed E-state index contributed by atoms with van der Waals surface area (Å²) >= 11 is 0. The molecule has 6 nitrogen and oxygen atoms in total. The fraction of sp³-hybridized carbons (Fsp3) is 0.625. The fourth-order valence-electron chi connectivity index (χ4n) is 2.42. The van der Waals surface area contributed by atoms with Gasteiger partial charge in [-0.3, -0.25) is 4.99 Å². The number of ether oxygens (including phenoxy) is 1. The van der Waals surface area contributed by atoms with Crippen molar-refractivity contribution in [1.82, 2.24) is 15.6 Å². The van der Waals surface area contributed by atoms with Crippen molar-refractivity contribution < 1.29 is 4.74 Å². The Kier molecular flexibility index (Phi) is 9.23. The second kappa shape index (κ2) is 10.6. The van der Waals surface area contributed by atoms with Gasteiger partial charge in [-0.25, -0.2) is 4.98 Å². The number of pyridine rings is 1. The van der Waals surface area contributed by atoms with Crippen LogP contribution in [0.25, 0.3) is 0 Å². The molecule has 1 aliphatic heterocycles. The lowest BCUT2D eigenvalue weighted by atomic mass is 10.2. The molecule has 1 aromatic rings. The zero-order chi connectivity index (χ0) is 15.8. The number of hydrogen-bond acceptors (Lipinski definition) is 4. The van der Waals surface area contributed by atoms with Crippen LogP contribution in [0.5, 0.6) is 0 Å². The summed E-state index contributed by atoms with van der Waals surface area (Å²) in [6.45, 7) is 8.45. The third kappa shape index (κ3) is 6.50. The van der Waals surface area contributed by atoms with E-state index >= 15 is 0 Å². The van der Waals surface area contributed by atoms with Crippen molar-refractivity contribution in [2.24, 2.45) is 4.99 Å². The van der Waals surface area contributed by atoms with Crippen LogP contribution in [0.1, 0.15) is 25.8 Å². The predicted molar refractivity (Wildman–Crippen MR) is 106 cm³/mol. The molecule has 130 valence electrons. The van der Waals surface area contributed by atoms with Gasteiger partial charge in [0.1, 0.15) is 5.82 Å². The summed E-state index contributed by atoms with van der Waals surface area (Å²) in [7, 11) is 1.79. The highest BCUT2D eigenvalue weighted by atomic mass is 127. The SMILES string of the molecule is CCCNC(=NC)NCc1ccnc(N2CCOC(C)C2)c1.I. The van der Waals surface area contributed by atoms with Crippen LogP contribution < -0.4 is 15.5 Å². The lowest BCUT2D eigenvalue weighted by molar-refractivity contribution is 0.0529. The van der Waals surface area contributed by atoms with Crippen LogP contribution in [0.4, 0.5) is 5.82 Å².